The van der Waals surface area contributed by atoms with Gasteiger partial charge >= 0.3 is 31.5 Å². The van der Waals surface area contributed by atoms with Gasteiger partial charge in [-0.05, 0) is 212 Å². The maximum atomic E-state index is 13.6. The number of nitrogens with zero attached hydrogens (tertiary/aromatic N) is 8. The number of halogens is 1. The Labute approximate surface area is 639 Å². The molecule has 32 heteroatoms. The number of ether oxygens (including phenoxy) is 4. The number of anilines is 6. The molecule has 2 aromatic carbocycles. The van der Waals surface area contributed by atoms with Crippen molar-refractivity contribution in [1.82, 2.24) is 40.2 Å². The summed E-state index contributed by atoms with van der Waals surface area (Å²) in [6.07, 6.45) is 8.63. The van der Waals surface area contributed by atoms with Crippen molar-refractivity contribution >= 4 is 144 Å². The van der Waals surface area contributed by atoms with E-state index in [1.54, 1.807) is 105 Å². The van der Waals surface area contributed by atoms with Gasteiger partial charge in [-0.2, -0.15) is 10.2 Å². The molecular formula is C73H98BBrN14O12S4. The Bertz CT molecular complexity index is 4230. The first-order valence-electron chi connectivity index (χ1n) is 34.2. The van der Waals surface area contributed by atoms with Crippen molar-refractivity contribution in [1.29, 1.82) is 0 Å². The van der Waals surface area contributed by atoms with Crippen molar-refractivity contribution in [3.63, 3.8) is 0 Å². The van der Waals surface area contributed by atoms with E-state index in [4.69, 9.17) is 28.3 Å². The average molecular weight is 1580 g/mol. The zero-order valence-corrected chi connectivity index (χ0v) is 66.5. The zero-order chi connectivity index (χ0) is 75.5. The largest absolute Gasteiger partial charge is 0.498 e. The molecule has 26 nitrogen and oxygen atoms in total. The van der Waals surface area contributed by atoms with Crippen LogP contribution in [0.4, 0.5) is 53.3 Å². The molecule has 3 fully saturated rings. The van der Waals surface area contributed by atoms with Crippen molar-refractivity contribution in [2.24, 2.45) is 0 Å². The Morgan fingerprint density at radius 2 is 0.990 bits per heavy atom. The van der Waals surface area contributed by atoms with Crippen LogP contribution < -0.4 is 47.2 Å². The van der Waals surface area contributed by atoms with Gasteiger partial charge in [-0.3, -0.25) is 29.6 Å². The number of thiophene rings is 2. The van der Waals surface area contributed by atoms with Crippen LogP contribution in [0.15, 0.2) is 111 Å². The van der Waals surface area contributed by atoms with Crippen molar-refractivity contribution in [3.05, 3.63) is 132 Å². The molecule has 6 amide bonds. The summed E-state index contributed by atoms with van der Waals surface area (Å²) in [5.74, 6) is -0.771. The number of aromatic nitrogens is 6. The fourth-order valence-electron chi connectivity index (χ4n) is 10.9. The number of amides is 6. The first kappa shape index (κ1) is 82.3. The van der Waals surface area contributed by atoms with Gasteiger partial charge in [-0.1, -0.05) is 19.6 Å². The molecule has 6 aromatic heterocycles. The Hall–Kier alpha value is -8.40. The number of carbonyl (C=O) groups excluding carboxylic acids is 6. The van der Waals surface area contributed by atoms with Crippen molar-refractivity contribution < 1.29 is 57.0 Å². The van der Waals surface area contributed by atoms with E-state index in [9.17, 15) is 28.8 Å². The molecule has 6 N–H and O–H groups in total. The molecule has 3 aliphatic heterocycles. The van der Waals surface area contributed by atoms with Gasteiger partial charge in [-0.15, -0.1) is 45.3 Å². The number of piperidine rings is 2. The third-order valence-corrected chi connectivity index (χ3v) is 20.0. The second-order valence-electron chi connectivity index (χ2n) is 30.2. The summed E-state index contributed by atoms with van der Waals surface area (Å²) in [4.78, 5) is 91.7. The number of alkyl carbamates (subject to hydrolysis) is 2. The van der Waals surface area contributed by atoms with E-state index in [1.165, 1.54) is 32.4 Å². The highest BCUT2D eigenvalue weighted by atomic mass is 79.9. The van der Waals surface area contributed by atoms with Crippen LogP contribution in [-0.4, -0.2) is 145 Å². The summed E-state index contributed by atoms with van der Waals surface area (Å²) in [7, 11) is -0.336. The smallest absolute Gasteiger partial charge is 0.444 e. The van der Waals surface area contributed by atoms with Crippen LogP contribution in [0, 0.1) is 0 Å². The molecule has 0 radical (unpaired) electrons. The molecule has 3 aliphatic rings. The molecule has 0 saturated carbocycles. The van der Waals surface area contributed by atoms with E-state index >= 15 is 0 Å². The fraction of sp³-hybridized carbons (Fsp3) is 0.479. The lowest BCUT2D eigenvalue weighted by Gasteiger charge is -2.36. The predicted molar refractivity (Wildman–Crippen MR) is 422 cm³/mol. The summed E-state index contributed by atoms with van der Waals surface area (Å²) in [5.41, 5.74) is 2.60. The third kappa shape index (κ3) is 25.1. The van der Waals surface area contributed by atoms with E-state index in [2.05, 4.69) is 129 Å². The van der Waals surface area contributed by atoms with Gasteiger partial charge in [0.05, 0.1) is 53.2 Å². The second kappa shape index (κ2) is 34.9. The summed E-state index contributed by atoms with van der Waals surface area (Å²) in [5, 5.41) is 34.3. The SMILES string of the molecule is C.CC(C)(C)OC(=O)Nc1ccc(N2CCC[C@@H](NC(=O)OC(C)(C)C)C2)c(NC(=O)c2csc(-c3cnn(Cc4cccs4)c3)n2)c1.CC(C)(C)OC(=O)Nc1ccc(N2CCC[C@@H](NC(=O)OC(C)(C)C)C2)c(NC(=O)c2csc(Br)n2)c1.CC1(C)OB(c2cnn(Cc3cccs3)c2)OC1(C)C. The first-order valence-corrected chi connectivity index (χ1v) is 38.5. The van der Waals surface area contributed by atoms with Crippen LogP contribution in [0.3, 0.4) is 0 Å². The van der Waals surface area contributed by atoms with Gasteiger partial charge in [0.2, 0.25) is 0 Å². The van der Waals surface area contributed by atoms with Crippen molar-refractivity contribution in [3.8, 4) is 10.6 Å². The first-order chi connectivity index (χ1) is 48.8. The monoisotopic (exact) mass is 1580 g/mol. The molecule has 105 heavy (non-hydrogen) atoms. The van der Waals surface area contributed by atoms with Gasteiger partial charge < -0.3 is 59.3 Å². The minimum Gasteiger partial charge on any atom is -0.444 e. The minimum absolute atomic E-state index is 0. The lowest BCUT2D eigenvalue weighted by molar-refractivity contribution is 0.00578. The fourth-order valence-corrected chi connectivity index (χ4v) is 14.0. The van der Waals surface area contributed by atoms with Crippen LogP contribution in [0.5, 0.6) is 0 Å². The molecule has 0 spiro atoms. The molecule has 0 unspecified atom stereocenters. The topological polar surface area (TPSA) is 298 Å². The number of carbonyl (C=O) groups is 6. The highest BCUT2D eigenvalue weighted by Gasteiger charge is 2.52. The van der Waals surface area contributed by atoms with Gasteiger partial charge in [0, 0.05) is 99.8 Å². The number of benzene rings is 2. The van der Waals surface area contributed by atoms with Gasteiger partial charge in [0.15, 0.2) is 3.92 Å². The van der Waals surface area contributed by atoms with Crippen LogP contribution in [-0.2, 0) is 41.3 Å². The molecule has 11 rings (SSSR count). The van der Waals surface area contributed by atoms with Crippen molar-refractivity contribution in [2.45, 2.75) is 203 Å². The standard InChI is InChI=1S/C33H41N7O5S2.C25H34BrN5O5S.C14H19BN2O2S.CH4/c1-32(2,3)44-30(42)35-22-11-12-27(39-13-7-9-23(18-39)36-31(43)45-33(4,5)6)25(15-22)37-28(41)26-20-47-29(38-26)21-16-34-40(17-21)19-24-10-8-14-46-24;1-24(2,3)35-22(33)27-15-9-10-19(17(12-15)29-20(32)18-14-37-21(26)30-18)31-11-7-8-16(13-31)28-23(34)36-25(4,5)6;1-13(2)14(3,4)19-15(18-13)11-8-16-17(9-11)10-12-6-5-7-20-12;/h8,10-12,14-17,20,23H,7,9,13,18-19H2,1-6H3,(H,35,42)(H,36,43)(H,37,41);9-10,12,14,16H,7-8,11,13H2,1-6H3,(H,27,33)(H,28,34)(H,29,32);5-9H,10H2,1-4H3;1H4/t23-;16-;;/m11../s1. The van der Waals surface area contributed by atoms with E-state index < -0.39 is 52.7 Å². The molecule has 2 atom stereocenters. The number of thiazole rings is 2. The molecular weight excluding hydrogens is 1480 g/mol. The van der Waals surface area contributed by atoms with Crippen molar-refractivity contribution in [2.75, 3.05) is 57.2 Å². The highest BCUT2D eigenvalue weighted by molar-refractivity contribution is 9.11. The number of hydrogen-bond donors (Lipinski definition) is 6. The lowest BCUT2D eigenvalue weighted by Crippen LogP contribution is -2.49. The Morgan fingerprint density at radius 1 is 0.562 bits per heavy atom. The molecule has 3 saturated heterocycles. The summed E-state index contributed by atoms with van der Waals surface area (Å²) in [6, 6.07) is 18.5. The predicted octanol–water partition coefficient (Wildman–Crippen LogP) is 16.1. The third-order valence-electron chi connectivity index (χ3n) is 16.0. The number of rotatable bonds is 16. The Balaban J connectivity index is 0.000000213. The van der Waals surface area contributed by atoms with Crippen LogP contribution in [0.1, 0.15) is 175 Å². The lowest BCUT2D eigenvalue weighted by atomic mass is 9.82. The summed E-state index contributed by atoms with van der Waals surface area (Å²) in [6.45, 7) is 33.8. The normalized spacial score (nSPS) is 16.4. The second-order valence-corrected chi connectivity index (χ2v) is 35.2. The average Bonchev–Trinajstić information content (AvgIpc) is 1.69. The minimum atomic E-state index is -0.673. The number of nitrogens with one attached hydrogen (secondary N) is 6. The quantitative estimate of drug-likeness (QED) is 0.0387. The van der Waals surface area contributed by atoms with Crippen LogP contribution in [0.2, 0.25) is 0 Å². The van der Waals surface area contributed by atoms with Gasteiger partial charge in [0.1, 0.15) is 38.8 Å². The van der Waals surface area contributed by atoms with Gasteiger partial charge in [0.25, 0.3) is 11.8 Å². The van der Waals surface area contributed by atoms with E-state index in [0.29, 0.717) is 57.9 Å². The Morgan fingerprint density at radius 3 is 1.42 bits per heavy atom. The molecule has 9 heterocycles. The molecule has 566 valence electrons. The van der Waals surface area contributed by atoms with E-state index in [-0.39, 0.29) is 55.1 Å². The highest BCUT2D eigenvalue weighted by Crippen LogP contribution is 2.38. The summed E-state index contributed by atoms with van der Waals surface area (Å²) >= 11 is 9.36. The van der Waals surface area contributed by atoms with E-state index in [1.807, 2.05) is 93.1 Å². The van der Waals surface area contributed by atoms with Crippen LogP contribution >= 0.6 is 61.3 Å². The summed E-state index contributed by atoms with van der Waals surface area (Å²) < 4.78 is 38.1. The van der Waals surface area contributed by atoms with Crippen LogP contribution in [0.25, 0.3) is 10.6 Å². The van der Waals surface area contributed by atoms with Gasteiger partial charge in [-0.25, -0.2) is 29.1 Å². The Kier molecular flexibility index (Phi) is 27.3. The molecule has 8 aromatic rings. The zero-order valence-electron chi connectivity index (χ0n) is 61.7. The van der Waals surface area contributed by atoms with E-state index in [0.717, 1.165) is 61.2 Å². The maximum Gasteiger partial charge on any atom is 0.498 e. The molecule has 0 bridgehead atoms. The number of hydrogen-bond acceptors (Lipinski definition) is 22. The maximum absolute atomic E-state index is 13.6. The molecule has 0 aliphatic carbocycles.